The van der Waals surface area contributed by atoms with Crippen LogP contribution in [-0.4, -0.2) is 67.5 Å². The SMILES string of the molecule is CSCc1cccc(CNC(=O)N2CC[C@H](N3CCOCC3)C2)c1. The third-order valence-electron chi connectivity index (χ3n) is 4.76. The van der Waals surface area contributed by atoms with Crippen LogP contribution in [0.3, 0.4) is 0 Å². The van der Waals surface area contributed by atoms with Gasteiger partial charge in [0.25, 0.3) is 0 Å². The summed E-state index contributed by atoms with van der Waals surface area (Å²) in [4.78, 5) is 16.8. The van der Waals surface area contributed by atoms with E-state index in [2.05, 4.69) is 40.7 Å². The number of carbonyl (C=O) groups is 1. The second-order valence-electron chi connectivity index (χ2n) is 6.45. The molecule has 0 aliphatic carbocycles. The molecule has 0 saturated carbocycles. The van der Waals surface area contributed by atoms with E-state index < -0.39 is 0 Å². The molecule has 2 saturated heterocycles. The van der Waals surface area contributed by atoms with Crippen LogP contribution in [0.4, 0.5) is 4.79 Å². The van der Waals surface area contributed by atoms with Crippen LogP contribution in [0.1, 0.15) is 17.5 Å². The van der Waals surface area contributed by atoms with Gasteiger partial charge in [-0.05, 0) is 23.8 Å². The molecule has 1 aromatic carbocycles. The number of benzene rings is 1. The van der Waals surface area contributed by atoms with E-state index in [4.69, 9.17) is 4.74 Å². The fraction of sp³-hybridized carbons (Fsp3) is 0.611. The van der Waals surface area contributed by atoms with Gasteiger partial charge in [0.1, 0.15) is 0 Å². The van der Waals surface area contributed by atoms with Crippen molar-refractivity contribution in [1.82, 2.24) is 15.1 Å². The number of urea groups is 1. The Morgan fingerprint density at radius 1 is 1.29 bits per heavy atom. The first kappa shape index (κ1) is 17.6. The number of ether oxygens (including phenoxy) is 1. The molecule has 2 amide bonds. The Labute approximate surface area is 148 Å². The molecule has 0 radical (unpaired) electrons. The van der Waals surface area contributed by atoms with Gasteiger partial charge in [-0.1, -0.05) is 24.3 Å². The molecule has 0 unspecified atom stereocenters. The lowest BCUT2D eigenvalue weighted by Crippen LogP contribution is -2.46. The Bertz CT molecular complexity index is 549. The van der Waals surface area contributed by atoms with Crippen molar-refractivity contribution < 1.29 is 9.53 Å². The lowest BCUT2D eigenvalue weighted by atomic mass is 10.1. The van der Waals surface area contributed by atoms with Crippen molar-refractivity contribution in [3.63, 3.8) is 0 Å². The average Bonchev–Trinajstić information content (AvgIpc) is 3.11. The number of thioether (sulfide) groups is 1. The summed E-state index contributed by atoms with van der Waals surface area (Å²) in [6.07, 6.45) is 3.17. The van der Waals surface area contributed by atoms with Crippen molar-refractivity contribution >= 4 is 17.8 Å². The first-order valence-electron chi connectivity index (χ1n) is 8.67. The zero-order valence-electron chi connectivity index (χ0n) is 14.4. The van der Waals surface area contributed by atoms with Gasteiger partial charge in [-0.2, -0.15) is 11.8 Å². The highest BCUT2D eigenvalue weighted by atomic mass is 32.2. The van der Waals surface area contributed by atoms with Crippen LogP contribution in [0.5, 0.6) is 0 Å². The topological polar surface area (TPSA) is 44.8 Å². The summed E-state index contributed by atoms with van der Waals surface area (Å²) >= 11 is 1.81. The Morgan fingerprint density at radius 3 is 2.88 bits per heavy atom. The molecule has 0 spiro atoms. The van der Waals surface area contributed by atoms with Gasteiger partial charge in [-0.15, -0.1) is 0 Å². The third kappa shape index (κ3) is 4.65. The Hall–Kier alpha value is -1.24. The van der Waals surface area contributed by atoms with E-state index in [1.165, 1.54) is 11.1 Å². The largest absolute Gasteiger partial charge is 0.379 e. The van der Waals surface area contributed by atoms with Gasteiger partial charge < -0.3 is 15.0 Å². The molecule has 2 fully saturated rings. The molecular weight excluding hydrogens is 322 g/mol. The summed E-state index contributed by atoms with van der Waals surface area (Å²) in [6, 6.07) is 9.00. The van der Waals surface area contributed by atoms with Crippen LogP contribution in [0.2, 0.25) is 0 Å². The number of rotatable bonds is 5. The standard InChI is InChI=1S/C18H27N3O2S/c1-24-14-16-4-2-3-15(11-16)12-19-18(22)21-6-5-17(13-21)20-7-9-23-10-8-20/h2-4,11,17H,5-10,12-14H2,1H3,(H,19,22)/t17-/m0/s1. The molecule has 3 rings (SSSR count). The number of amides is 2. The molecule has 2 heterocycles. The molecule has 1 aromatic rings. The second kappa shape index (κ2) is 8.74. The number of hydrogen-bond acceptors (Lipinski definition) is 4. The minimum absolute atomic E-state index is 0.0565. The van der Waals surface area contributed by atoms with Crippen LogP contribution in [0.25, 0.3) is 0 Å². The molecule has 24 heavy (non-hydrogen) atoms. The van der Waals surface area contributed by atoms with E-state index in [1.807, 2.05) is 16.7 Å². The maximum atomic E-state index is 12.4. The van der Waals surface area contributed by atoms with Gasteiger partial charge in [0, 0.05) is 44.5 Å². The van der Waals surface area contributed by atoms with Crippen molar-refractivity contribution in [1.29, 1.82) is 0 Å². The van der Waals surface area contributed by atoms with E-state index in [0.717, 1.165) is 51.6 Å². The van der Waals surface area contributed by atoms with Crippen LogP contribution in [0.15, 0.2) is 24.3 Å². The number of morpholine rings is 1. The van der Waals surface area contributed by atoms with Crippen molar-refractivity contribution in [2.24, 2.45) is 0 Å². The monoisotopic (exact) mass is 349 g/mol. The predicted octanol–water partition coefficient (Wildman–Crippen LogP) is 2.17. The first-order chi connectivity index (χ1) is 11.8. The normalized spacial score (nSPS) is 21.9. The minimum Gasteiger partial charge on any atom is -0.379 e. The van der Waals surface area contributed by atoms with Crippen molar-refractivity contribution in [2.45, 2.75) is 24.8 Å². The molecule has 1 atom stereocenters. The van der Waals surface area contributed by atoms with Crippen LogP contribution >= 0.6 is 11.8 Å². The van der Waals surface area contributed by atoms with Gasteiger partial charge in [0.05, 0.1) is 13.2 Å². The molecule has 2 aliphatic rings. The Balaban J connectivity index is 1.46. The van der Waals surface area contributed by atoms with Crippen LogP contribution < -0.4 is 5.32 Å². The maximum Gasteiger partial charge on any atom is 0.317 e. The quantitative estimate of drug-likeness (QED) is 0.885. The molecule has 1 N–H and O–H groups in total. The highest BCUT2D eigenvalue weighted by Crippen LogP contribution is 2.17. The molecule has 6 heteroatoms. The number of carbonyl (C=O) groups excluding carboxylic acids is 1. The fourth-order valence-electron chi connectivity index (χ4n) is 3.45. The van der Waals surface area contributed by atoms with E-state index in [9.17, 15) is 4.79 Å². The number of hydrogen-bond donors (Lipinski definition) is 1. The Morgan fingerprint density at radius 2 is 2.08 bits per heavy atom. The van der Waals surface area contributed by atoms with Gasteiger partial charge in [-0.3, -0.25) is 4.90 Å². The maximum absolute atomic E-state index is 12.4. The zero-order chi connectivity index (χ0) is 16.8. The second-order valence-corrected chi connectivity index (χ2v) is 7.31. The fourth-order valence-corrected chi connectivity index (χ4v) is 3.97. The van der Waals surface area contributed by atoms with Gasteiger partial charge in [-0.25, -0.2) is 4.79 Å². The van der Waals surface area contributed by atoms with E-state index in [1.54, 1.807) is 0 Å². The molecule has 0 bridgehead atoms. The lowest BCUT2D eigenvalue weighted by Gasteiger charge is -2.32. The van der Waals surface area contributed by atoms with Crippen LogP contribution in [0, 0.1) is 0 Å². The minimum atomic E-state index is 0.0565. The number of nitrogens with one attached hydrogen (secondary N) is 1. The average molecular weight is 350 g/mol. The first-order valence-corrected chi connectivity index (χ1v) is 10.1. The third-order valence-corrected chi connectivity index (χ3v) is 5.38. The van der Waals surface area contributed by atoms with E-state index in [-0.39, 0.29) is 6.03 Å². The summed E-state index contributed by atoms with van der Waals surface area (Å²) in [5, 5.41) is 3.07. The molecule has 5 nitrogen and oxygen atoms in total. The van der Waals surface area contributed by atoms with Gasteiger partial charge >= 0.3 is 6.03 Å². The van der Waals surface area contributed by atoms with Crippen molar-refractivity contribution in [3.05, 3.63) is 35.4 Å². The zero-order valence-corrected chi connectivity index (χ0v) is 15.2. The number of likely N-dealkylation sites (tertiary alicyclic amines) is 1. The van der Waals surface area contributed by atoms with E-state index >= 15 is 0 Å². The highest BCUT2D eigenvalue weighted by molar-refractivity contribution is 7.97. The summed E-state index contributed by atoms with van der Waals surface area (Å²) in [5.41, 5.74) is 2.47. The van der Waals surface area contributed by atoms with Crippen molar-refractivity contribution in [3.8, 4) is 0 Å². The molecule has 132 valence electrons. The van der Waals surface area contributed by atoms with Crippen LogP contribution in [-0.2, 0) is 17.0 Å². The lowest BCUT2D eigenvalue weighted by molar-refractivity contribution is 0.0191. The Kier molecular flexibility index (Phi) is 6.40. The van der Waals surface area contributed by atoms with Gasteiger partial charge in [0.2, 0.25) is 0 Å². The van der Waals surface area contributed by atoms with E-state index in [0.29, 0.717) is 12.6 Å². The molecule has 0 aromatic heterocycles. The summed E-state index contributed by atoms with van der Waals surface area (Å²) in [5.74, 6) is 1.01. The predicted molar refractivity (Wildman–Crippen MR) is 98.3 cm³/mol. The highest BCUT2D eigenvalue weighted by Gasteiger charge is 2.30. The molecule has 2 aliphatic heterocycles. The summed E-state index contributed by atoms with van der Waals surface area (Å²) in [6.45, 7) is 5.88. The number of nitrogens with zero attached hydrogens (tertiary/aromatic N) is 2. The summed E-state index contributed by atoms with van der Waals surface area (Å²) in [7, 11) is 0. The van der Waals surface area contributed by atoms with Gasteiger partial charge in [0.15, 0.2) is 0 Å². The molecular formula is C18H27N3O2S. The summed E-state index contributed by atoms with van der Waals surface area (Å²) < 4.78 is 5.41. The smallest absolute Gasteiger partial charge is 0.317 e. The van der Waals surface area contributed by atoms with Crippen molar-refractivity contribution in [2.75, 3.05) is 45.6 Å².